The topological polar surface area (TPSA) is 57.7 Å². The van der Waals surface area contributed by atoms with Crippen molar-refractivity contribution in [2.75, 3.05) is 14.2 Å². The van der Waals surface area contributed by atoms with Crippen LogP contribution in [0.25, 0.3) is 0 Å². The van der Waals surface area contributed by atoms with Crippen LogP contribution in [0.1, 0.15) is 10.4 Å². The van der Waals surface area contributed by atoms with Crippen molar-refractivity contribution in [2.45, 2.75) is 0 Å². The number of rotatable bonds is 4. The SMILES string of the molecule is COC(=O)c1cccc(Oc2ccc(OC)nc2)c1. The van der Waals surface area contributed by atoms with Crippen LogP contribution in [-0.4, -0.2) is 25.2 Å². The van der Waals surface area contributed by atoms with Gasteiger partial charge < -0.3 is 14.2 Å². The summed E-state index contributed by atoms with van der Waals surface area (Å²) in [4.78, 5) is 15.4. The third-order valence-electron chi connectivity index (χ3n) is 2.41. The Hall–Kier alpha value is -2.56. The van der Waals surface area contributed by atoms with Gasteiger partial charge >= 0.3 is 5.97 Å². The van der Waals surface area contributed by atoms with E-state index >= 15 is 0 Å². The van der Waals surface area contributed by atoms with Crippen molar-refractivity contribution in [1.29, 1.82) is 0 Å². The van der Waals surface area contributed by atoms with Crippen molar-refractivity contribution >= 4 is 5.97 Å². The highest BCUT2D eigenvalue weighted by atomic mass is 16.5. The Morgan fingerprint density at radius 2 is 1.95 bits per heavy atom. The van der Waals surface area contributed by atoms with E-state index in [1.165, 1.54) is 7.11 Å². The van der Waals surface area contributed by atoms with Gasteiger partial charge in [-0.3, -0.25) is 0 Å². The second-order valence-electron chi connectivity index (χ2n) is 3.66. The highest BCUT2D eigenvalue weighted by Gasteiger charge is 2.06. The van der Waals surface area contributed by atoms with Crippen LogP contribution in [0.4, 0.5) is 0 Å². The molecule has 0 saturated heterocycles. The van der Waals surface area contributed by atoms with Crippen molar-refractivity contribution in [3.63, 3.8) is 0 Å². The summed E-state index contributed by atoms with van der Waals surface area (Å²) in [5.41, 5.74) is 0.432. The second kappa shape index (κ2) is 5.86. The zero-order valence-corrected chi connectivity index (χ0v) is 10.6. The van der Waals surface area contributed by atoms with Gasteiger partial charge in [0.05, 0.1) is 26.0 Å². The molecule has 0 amide bonds. The van der Waals surface area contributed by atoms with E-state index in [2.05, 4.69) is 9.72 Å². The number of methoxy groups -OCH3 is 2. The molecule has 5 heteroatoms. The van der Waals surface area contributed by atoms with Crippen LogP contribution in [0.15, 0.2) is 42.6 Å². The lowest BCUT2D eigenvalue weighted by Gasteiger charge is -2.07. The summed E-state index contributed by atoms with van der Waals surface area (Å²) in [7, 11) is 2.88. The van der Waals surface area contributed by atoms with Crippen LogP contribution in [0.2, 0.25) is 0 Å². The van der Waals surface area contributed by atoms with E-state index in [9.17, 15) is 4.79 Å². The number of aromatic nitrogens is 1. The third kappa shape index (κ3) is 3.22. The predicted molar refractivity (Wildman–Crippen MR) is 68.6 cm³/mol. The molecular weight excluding hydrogens is 246 g/mol. The van der Waals surface area contributed by atoms with Crippen LogP contribution in [-0.2, 0) is 4.74 Å². The molecule has 1 heterocycles. The molecule has 0 N–H and O–H groups in total. The van der Waals surface area contributed by atoms with Crippen LogP contribution in [0, 0.1) is 0 Å². The summed E-state index contributed by atoms with van der Waals surface area (Å²) in [6.07, 6.45) is 1.55. The molecule has 0 bridgehead atoms. The Balaban J connectivity index is 2.16. The quantitative estimate of drug-likeness (QED) is 0.790. The summed E-state index contributed by atoms with van der Waals surface area (Å²) in [5.74, 6) is 1.20. The minimum atomic E-state index is -0.404. The molecule has 98 valence electrons. The lowest BCUT2D eigenvalue weighted by molar-refractivity contribution is 0.0600. The van der Waals surface area contributed by atoms with Crippen molar-refractivity contribution in [1.82, 2.24) is 4.98 Å². The maximum Gasteiger partial charge on any atom is 0.337 e. The van der Waals surface area contributed by atoms with E-state index < -0.39 is 5.97 Å². The van der Waals surface area contributed by atoms with Gasteiger partial charge in [-0.1, -0.05) is 6.07 Å². The fraction of sp³-hybridized carbons (Fsp3) is 0.143. The summed E-state index contributed by atoms with van der Waals surface area (Å²) >= 11 is 0. The van der Waals surface area contributed by atoms with Crippen molar-refractivity contribution in [3.05, 3.63) is 48.2 Å². The molecule has 1 aromatic carbocycles. The van der Waals surface area contributed by atoms with Crippen LogP contribution < -0.4 is 9.47 Å². The number of esters is 1. The molecule has 0 fully saturated rings. The van der Waals surface area contributed by atoms with Gasteiger partial charge in [0.15, 0.2) is 0 Å². The molecule has 0 aliphatic rings. The van der Waals surface area contributed by atoms with Crippen LogP contribution >= 0.6 is 0 Å². The molecular formula is C14H13NO4. The number of benzene rings is 1. The Morgan fingerprint density at radius 1 is 1.11 bits per heavy atom. The minimum absolute atomic E-state index is 0.404. The average molecular weight is 259 g/mol. The van der Waals surface area contributed by atoms with E-state index in [0.717, 1.165) is 0 Å². The van der Waals surface area contributed by atoms with Gasteiger partial charge in [-0.25, -0.2) is 9.78 Å². The molecule has 0 unspecified atom stereocenters. The number of nitrogens with zero attached hydrogens (tertiary/aromatic N) is 1. The average Bonchev–Trinajstić information content (AvgIpc) is 2.47. The monoisotopic (exact) mass is 259 g/mol. The van der Waals surface area contributed by atoms with Gasteiger partial charge in [0.25, 0.3) is 0 Å². The number of carbonyl (C=O) groups is 1. The van der Waals surface area contributed by atoms with Gasteiger partial charge in [-0.15, -0.1) is 0 Å². The summed E-state index contributed by atoms with van der Waals surface area (Å²) in [6.45, 7) is 0. The van der Waals surface area contributed by atoms with Crippen molar-refractivity contribution < 1.29 is 19.0 Å². The number of hydrogen-bond donors (Lipinski definition) is 0. The lowest BCUT2D eigenvalue weighted by Crippen LogP contribution is -2.00. The standard InChI is InChI=1S/C14H13NO4/c1-17-13-7-6-12(9-15-13)19-11-5-3-4-10(8-11)14(16)18-2/h3-9H,1-2H3. The largest absolute Gasteiger partial charge is 0.481 e. The molecule has 0 saturated carbocycles. The van der Waals surface area contributed by atoms with Crippen molar-refractivity contribution in [3.8, 4) is 17.4 Å². The molecule has 19 heavy (non-hydrogen) atoms. The first-order valence-electron chi connectivity index (χ1n) is 5.59. The first-order valence-corrected chi connectivity index (χ1v) is 5.59. The van der Waals surface area contributed by atoms with E-state index in [4.69, 9.17) is 9.47 Å². The Bertz CT molecular complexity index is 566. The number of carbonyl (C=O) groups excluding carboxylic acids is 1. The number of pyridine rings is 1. The van der Waals surface area contributed by atoms with Gasteiger partial charge in [-0.2, -0.15) is 0 Å². The van der Waals surface area contributed by atoms with E-state index in [1.807, 2.05) is 0 Å². The molecule has 1 aromatic heterocycles. The molecule has 2 rings (SSSR count). The van der Waals surface area contributed by atoms with Crippen molar-refractivity contribution in [2.24, 2.45) is 0 Å². The summed E-state index contributed by atoms with van der Waals surface area (Å²) in [6, 6.07) is 10.2. The van der Waals surface area contributed by atoms with Crippen LogP contribution in [0.3, 0.4) is 0 Å². The summed E-state index contributed by atoms with van der Waals surface area (Å²) < 4.78 is 15.2. The smallest absolute Gasteiger partial charge is 0.337 e. The van der Waals surface area contributed by atoms with E-state index in [1.54, 1.807) is 49.7 Å². The highest BCUT2D eigenvalue weighted by molar-refractivity contribution is 5.89. The summed E-state index contributed by atoms with van der Waals surface area (Å²) in [5, 5.41) is 0. The zero-order valence-electron chi connectivity index (χ0n) is 10.6. The van der Waals surface area contributed by atoms with Crippen LogP contribution in [0.5, 0.6) is 17.4 Å². The van der Waals surface area contributed by atoms with Gasteiger partial charge in [0.2, 0.25) is 5.88 Å². The molecule has 0 spiro atoms. The van der Waals surface area contributed by atoms with E-state index in [0.29, 0.717) is 22.9 Å². The Morgan fingerprint density at radius 3 is 2.58 bits per heavy atom. The number of ether oxygens (including phenoxy) is 3. The van der Waals surface area contributed by atoms with Gasteiger partial charge in [0.1, 0.15) is 11.5 Å². The highest BCUT2D eigenvalue weighted by Crippen LogP contribution is 2.23. The second-order valence-corrected chi connectivity index (χ2v) is 3.66. The predicted octanol–water partition coefficient (Wildman–Crippen LogP) is 2.67. The molecule has 0 aliphatic carbocycles. The minimum Gasteiger partial charge on any atom is -0.481 e. The normalized spacial score (nSPS) is 9.79. The molecule has 0 aliphatic heterocycles. The number of hydrogen-bond acceptors (Lipinski definition) is 5. The maximum absolute atomic E-state index is 11.4. The lowest BCUT2D eigenvalue weighted by atomic mass is 10.2. The Labute approximate surface area is 110 Å². The Kier molecular flexibility index (Phi) is 3.97. The fourth-order valence-corrected chi connectivity index (χ4v) is 1.49. The van der Waals surface area contributed by atoms with Gasteiger partial charge in [-0.05, 0) is 24.3 Å². The van der Waals surface area contributed by atoms with E-state index in [-0.39, 0.29) is 0 Å². The molecule has 2 aromatic rings. The molecule has 0 atom stereocenters. The fourth-order valence-electron chi connectivity index (χ4n) is 1.49. The molecule has 5 nitrogen and oxygen atoms in total. The first kappa shape index (κ1) is 12.9. The first-order chi connectivity index (χ1) is 9.22. The maximum atomic E-state index is 11.4. The zero-order chi connectivity index (χ0) is 13.7. The molecule has 0 radical (unpaired) electrons. The van der Waals surface area contributed by atoms with Gasteiger partial charge in [0, 0.05) is 6.07 Å². The third-order valence-corrected chi connectivity index (χ3v) is 2.41.